The van der Waals surface area contributed by atoms with Gasteiger partial charge in [-0.05, 0) is 11.6 Å². The first-order valence-corrected chi connectivity index (χ1v) is 5.16. The molecule has 0 atom stereocenters. The maximum atomic E-state index is 12.3. The third kappa shape index (κ3) is 1.86. The van der Waals surface area contributed by atoms with E-state index in [4.69, 9.17) is 0 Å². The quantitative estimate of drug-likeness (QED) is 0.744. The molecule has 0 amide bonds. The number of nitrogens with zero attached hydrogens (tertiary/aromatic N) is 1. The molecule has 15 heavy (non-hydrogen) atoms. The molecule has 0 spiro atoms. The Balaban J connectivity index is 2.65. The van der Waals surface area contributed by atoms with E-state index in [1.165, 1.54) is 6.07 Å². The zero-order valence-corrected chi connectivity index (χ0v) is 8.89. The van der Waals surface area contributed by atoms with E-state index in [0.717, 1.165) is 0 Å². The number of alkyl halides is 4. The second-order valence-corrected chi connectivity index (χ2v) is 3.48. The van der Waals surface area contributed by atoms with Crippen LogP contribution in [-0.4, -0.2) is 4.98 Å². The summed E-state index contributed by atoms with van der Waals surface area (Å²) in [4.78, 5) is 3.43. The molecule has 2 aromatic rings. The molecule has 1 aromatic carbocycles. The Kier molecular flexibility index (Phi) is 2.46. The molecule has 80 valence electrons. The Morgan fingerprint density at radius 3 is 2.67 bits per heavy atom. The number of aromatic nitrogens is 1. The maximum Gasteiger partial charge on any atom is 0.468 e. The molecule has 0 unspecified atom stereocenters. The summed E-state index contributed by atoms with van der Waals surface area (Å²) in [6.45, 7) is 0. The summed E-state index contributed by atoms with van der Waals surface area (Å²) in [5.41, 5.74) is 1.08. The van der Waals surface area contributed by atoms with E-state index in [0.29, 0.717) is 10.9 Å². The highest BCUT2D eigenvalue weighted by molar-refractivity contribution is 9.08. The Labute approximate surface area is 91.2 Å². The molecular formula is C9H5BrF3NO. The Morgan fingerprint density at radius 2 is 2.07 bits per heavy atom. The molecule has 6 heteroatoms. The highest BCUT2D eigenvalue weighted by Crippen LogP contribution is 2.32. The number of hydrogen-bond acceptors (Lipinski definition) is 2. The minimum absolute atomic E-state index is 0.152. The molecule has 0 aliphatic heterocycles. The zero-order chi connectivity index (χ0) is 11.1. The van der Waals surface area contributed by atoms with Crippen molar-refractivity contribution in [3.8, 4) is 0 Å². The van der Waals surface area contributed by atoms with E-state index in [9.17, 15) is 13.2 Å². The number of para-hydroxylation sites is 1. The van der Waals surface area contributed by atoms with Crippen molar-refractivity contribution < 1.29 is 17.6 Å². The summed E-state index contributed by atoms with van der Waals surface area (Å²) in [5, 5.41) is 0.439. The molecule has 2 nitrogen and oxygen atoms in total. The van der Waals surface area contributed by atoms with E-state index in [1.807, 2.05) is 0 Å². The van der Waals surface area contributed by atoms with Crippen molar-refractivity contribution in [2.45, 2.75) is 11.5 Å². The second-order valence-electron chi connectivity index (χ2n) is 2.91. The Morgan fingerprint density at radius 1 is 1.33 bits per heavy atom. The van der Waals surface area contributed by atoms with Gasteiger partial charge in [0, 0.05) is 5.33 Å². The molecule has 2 rings (SSSR count). The molecule has 1 heterocycles. The SMILES string of the molecule is FC(F)(F)c1nc2c(CBr)cccc2o1. The third-order valence-electron chi connectivity index (χ3n) is 1.89. The van der Waals surface area contributed by atoms with Crippen molar-refractivity contribution in [3.63, 3.8) is 0 Å². The number of hydrogen-bond donors (Lipinski definition) is 0. The van der Waals surface area contributed by atoms with Gasteiger partial charge in [0.05, 0.1) is 0 Å². The van der Waals surface area contributed by atoms with Gasteiger partial charge < -0.3 is 4.42 Å². The standard InChI is InChI=1S/C9H5BrF3NO/c10-4-5-2-1-3-6-7(5)14-8(15-6)9(11,12)13/h1-3H,4H2. The van der Waals surface area contributed by atoms with Crippen molar-refractivity contribution in [2.75, 3.05) is 0 Å². The van der Waals surface area contributed by atoms with Crippen molar-refractivity contribution in [3.05, 3.63) is 29.7 Å². The molecule has 0 saturated carbocycles. The first kappa shape index (κ1) is 10.5. The van der Waals surface area contributed by atoms with E-state index in [2.05, 4.69) is 25.3 Å². The highest BCUT2D eigenvalue weighted by Gasteiger charge is 2.37. The van der Waals surface area contributed by atoms with E-state index < -0.39 is 12.1 Å². The van der Waals surface area contributed by atoms with Crippen LogP contribution in [0.4, 0.5) is 13.2 Å². The number of rotatable bonds is 1. The molecule has 0 fully saturated rings. The minimum Gasteiger partial charge on any atom is -0.433 e. The van der Waals surface area contributed by atoms with Gasteiger partial charge in [0.2, 0.25) is 0 Å². The average Bonchev–Trinajstić information content (AvgIpc) is 2.59. The van der Waals surface area contributed by atoms with Crippen LogP contribution in [-0.2, 0) is 11.5 Å². The molecule has 0 saturated heterocycles. The van der Waals surface area contributed by atoms with Crippen LogP contribution in [0.2, 0.25) is 0 Å². The topological polar surface area (TPSA) is 26.0 Å². The number of halogens is 4. The Bertz CT molecular complexity index is 492. The summed E-state index contributed by atoms with van der Waals surface area (Å²) in [5.74, 6) is -1.20. The number of fused-ring (bicyclic) bond motifs is 1. The minimum atomic E-state index is -4.54. The van der Waals surface area contributed by atoms with E-state index in [-0.39, 0.29) is 11.1 Å². The molecule has 1 aromatic heterocycles. The first-order valence-electron chi connectivity index (χ1n) is 4.04. The zero-order valence-electron chi connectivity index (χ0n) is 7.31. The molecule has 0 aliphatic carbocycles. The lowest BCUT2D eigenvalue weighted by atomic mass is 10.2. The second kappa shape index (κ2) is 3.52. The van der Waals surface area contributed by atoms with Crippen molar-refractivity contribution in [1.82, 2.24) is 4.98 Å². The van der Waals surface area contributed by atoms with Crippen LogP contribution >= 0.6 is 15.9 Å². The molecule has 0 bridgehead atoms. The predicted molar refractivity (Wildman–Crippen MR) is 51.6 cm³/mol. The van der Waals surface area contributed by atoms with Gasteiger partial charge in [0.15, 0.2) is 5.58 Å². The van der Waals surface area contributed by atoms with Gasteiger partial charge in [-0.2, -0.15) is 13.2 Å². The van der Waals surface area contributed by atoms with Crippen LogP contribution in [0, 0.1) is 0 Å². The van der Waals surface area contributed by atoms with E-state index >= 15 is 0 Å². The van der Waals surface area contributed by atoms with Crippen molar-refractivity contribution in [2.24, 2.45) is 0 Å². The maximum absolute atomic E-state index is 12.3. The van der Waals surface area contributed by atoms with Gasteiger partial charge in [-0.3, -0.25) is 0 Å². The molecule has 0 aliphatic rings. The fourth-order valence-corrected chi connectivity index (χ4v) is 1.69. The lowest BCUT2D eigenvalue weighted by Gasteiger charge is -1.97. The third-order valence-corrected chi connectivity index (χ3v) is 2.49. The van der Waals surface area contributed by atoms with Crippen LogP contribution in [0.3, 0.4) is 0 Å². The summed E-state index contributed by atoms with van der Waals surface area (Å²) < 4.78 is 41.5. The molecular weight excluding hydrogens is 275 g/mol. The van der Waals surface area contributed by atoms with E-state index in [1.54, 1.807) is 12.1 Å². The highest BCUT2D eigenvalue weighted by atomic mass is 79.9. The average molecular weight is 280 g/mol. The largest absolute Gasteiger partial charge is 0.468 e. The number of benzene rings is 1. The van der Waals surface area contributed by atoms with Gasteiger partial charge in [-0.15, -0.1) is 0 Å². The summed E-state index contributed by atoms with van der Waals surface area (Å²) in [6.07, 6.45) is -4.54. The van der Waals surface area contributed by atoms with Crippen LogP contribution in [0.5, 0.6) is 0 Å². The van der Waals surface area contributed by atoms with Crippen molar-refractivity contribution in [1.29, 1.82) is 0 Å². The van der Waals surface area contributed by atoms with Crippen LogP contribution in [0.1, 0.15) is 11.5 Å². The fraction of sp³-hybridized carbons (Fsp3) is 0.222. The first-order chi connectivity index (χ1) is 7.02. The summed E-state index contributed by atoms with van der Waals surface area (Å²) >= 11 is 3.18. The smallest absolute Gasteiger partial charge is 0.433 e. The lowest BCUT2D eigenvalue weighted by molar-refractivity contribution is -0.156. The predicted octanol–water partition coefficient (Wildman–Crippen LogP) is 3.74. The van der Waals surface area contributed by atoms with Gasteiger partial charge in [-0.25, -0.2) is 4.98 Å². The van der Waals surface area contributed by atoms with Gasteiger partial charge >= 0.3 is 12.1 Å². The lowest BCUT2D eigenvalue weighted by Crippen LogP contribution is -2.04. The Hall–Kier alpha value is -1.04. The van der Waals surface area contributed by atoms with Crippen molar-refractivity contribution >= 4 is 27.0 Å². The van der Waals surface area contributed by atoms with Gasteiger partial charge in [0.1, 0.15) is 5.52 Å². The fourth-order valence-electron chi connectivity index (χ4n) is 1.23. The number of oxazole rings is 1. The van der Waals surface area contributed by atoms with Crippen LogP contribution in [0.15, 0.2) is 22.6 Å². The monoisotopic (exact) mass is 279 g/mol. The normalized spacial score (nSPS) is 12.3. The van der Waals surface area contributed by atoms with Gasteiger partial charge in [-0.1, -0.05) is 28.1 Å². The van der Waals surface area contributed by atoms with Crippen LogP contribution < -0.4 is 0 Å². The summed E-state index contributed by atoms with van der Waals surface area (Å²) in [7, 11) is 0. The summed E-state index contributed by atoms with van der Waals surface area (Å²) in [6, 6.07) is 4.79. The molecule has 0 radical (unpaired) electrons. The molecule has 0 N–H and O–H groups in total. The van der Waals surface area contributed by atoms with Crippen LogP contribution in [0.25, 0.3) is 11.1 Å². The van der Waals surface area contributed by atoms with Gasteiger partial charge in [0.25, 0.3) is 0 Å².